The number of anilines is 2. The van der Waals surface area contributed by atoms with Gasteiger partial charge in [0.2, 0.25) is 5.91 Å². The highest BCUT2D eigenvalue weighted by molar-refractivity contribution is 5.91. The normalized spacial score (nSPS) is 12.9. The first-order valence-corrected chi connectivity index (χ1v) is 10.5. The fourth-order valence-electron chi connectivity index (χ4n) is 3.99. The summed E-state index contributed by atoms with van der Waals surface area (Å²) in [5.41, 5.74) is 4.51. The Labute approximate surface area is 186 Å². The highest BCUT2D eigenvalue weighted by Crippen LogP contribution is 2.26. The Hall–Kier alpha value is -3.68. The molecule has 32 heavy (non-hydrogen) atoms. The number of carbonyl (C=O) groups excluding carboxylic acids is 2. The van der Waals surface area contributed by atoms with E-state index >= 15 is 0 Å². The molecule has 0 unspecified atom stereocenters. The number of para-hydroxylation sites is 1. The van der Waals surface area contributed by atoms with Gasteiger partial charge in [-0.15, -0.1) is 0 Å². The maximum Gasteiger partial charge on any atom is 0.322 e. The number of hydrogen-bond acceptors (Lipinski definition) is 3. The summed E-state index contributed by atoms with van der Waals surface area (Å²) in [6.07, 6.45) is 0.653. The molecule has 2 aromatic carbocycles. The lowest BCUT2D eigenvalue weighted by Crippen LogP contribution is -2.39. The Kier molecular flexibility index (Phi) is 5.94. The zero-order valence-corrected chi connectivity index (χ0v) is 18.4. The number of carbonyl (C=O) groups is 2. The number of nitrogens with zero attached hydrogens (tertiary/aromatic N) is 4. The van der Waals surface area contributed by atoms with Crippen LogP contribution in [0.25, 0.3) is 0 Å². The SMILES string of the molecule is CC(=O)N(Cc1nn(C)c2c1CN(C(=O)Nc1ccc(C)c(F)c1)CC2)c1ccccc1. The van der Waals surface area contributed by atoms with Crippen molar-refractivity contribution in [2.45, 2.75) is 33.4 Å². The van der Waals surface area contributed by atoms with Crippen molar-refractivity contribution in [1.29, 1.82) is 0 Å². The molecular formula is C24H26FN5O2. The van der Waals surface area contributed by atoms with Crippen molar-refractivity contribution < 1.29 is 14.0 Å². The fourth-order valence-corrected chi connectivity index (χ4v) is 3.99. The van der Waals surface area contributed by atoms with Crippen molar-refractivity contribution in [1.82, 2.24) is 14.7 Å². The highest BCUT2D eigenvalue weighted by Gasteiger charge is 2.28. The molecule has 0 radical (unpaired) electrons. The first kappa shape index (κ1) is 21.5. The van der Waals surface area contributed by atoms with Gasteiger partial charge in [0.1, 0.15) is 5.82 Å². The van der Waals surface area contributed by atoms with E-state index in [2.05, 4.69) is 10.4 Å². The molecule has 7 nitrogen and oxygen atoms in total. The van der Waals surface area contributed by atoms with Gasteiger partial charge in [0, 0.05) is 49.6 Å². The van der Waals surface area contributed by atoms with E-state index in [9.17, 15) is 14.0 Å². The molecule has 0 saturated carbocycles. The number of nitrogens with one attached hydrogen (secondary N) is 1. The van der Waals surface area contributed by atoms with Crippen LogP contribution in [0.2, 0.25) is 0 Å². The molecule has 0 fully saturated rings. The Morgan fingerprint density at radius 2 is 1.94 bits per heavy atom. The number of rotatable bonds is 4. The summed E-state index contributed by atoms with van der Waals surface area (Å²) in [5, 5.41) is 7.43. The third-order valence-corrected chi connectivity index (χ3v) is 5.79. The molecule has 4 rings (SSSR count). The Bertz CT molecular complexity index is 1160. The van der Waals surface area contributed by atoms with Crippen molar-refractivity contribution in [3.63, 3.8) is 0 Å². The number of halogens is 1. The predicted octanol–water partition coefficient (Wildman–Crippen LogP) is 4.01. The van der Waals surface area contributed by atoms with Gasteiger partial charge in [0.15, 0.2) is 0 Å². The zero-order chi connectivity index (χ0) is 22.8. The fraction of sp³-hybridized carbons (Fsp3) is 0.292. The van der Waals surface area contributed by atoms with E-state index in [0.29, 0.717) is 37.3 Å². The van der Waals surface area contributed by atoms with Crippen molar-refractivity contribution in [3.8, 4) is 0 Å². The molecule has 0 spiro atoms. The van der Waals surface area contributed by atoms with Gasteiger partial charge < -0.3 is 15.1 Å². The average molecular weight is 436 g/mol. The molecule has 1 aliphatic heterocycles. The van der Waals surface area contributed by atoms with Crippen molar-refractivity contribution in [2.75, 3.05) is 16.8 Å². The second kappa shape index (κ2) is 8.82. The van der Waals surface area contributed by atoms with Crippen molar-refractivity contribution in [2.24, 2.45) is 7.05 Å². The monoisotopic (exact) mass is 435 g/mol. The molecule has 1 aromatic heterocycles. The van der Waals surface area contributed by atoms with Gasteiger partial charge >= 0.3 is 6.03 Å². The second-order valence-electron chi connectivity index (χ2n) is 8.00. The van der Waals surface area contributed by atoms with Crippen LogP contribution in [0.15, 0.2) is 48.5 Å². The summed E-state index contributed by atoms with van der Waals surface area (Å²) in [6, 6.07) is 13.8. The molecular weight excluding hydrogens is 409 g/mol. The van der Waals surface area contributed by atoms with E-state index < -0.39 is 0 Å². The molecule has 1 N–H and O–H groups in total. The molecule has 8 heteroatoms. The molecule has 3 amide bonds. The van der Waals surface area contributed by atoms with Crippen LogP contribution in [0.3, 0.4) is 0 Å². The number of aryl methyl sites for hydroxylation is 2. The maximum atomic E-state index is 13.8. The number of amides is 3. The van der Waals surface area contributed by atoms with E-state index in [1.54, 1.807) is 28.9 Å². The van der Waals surface area contributed by atoms with Gasteiger partial charge in [0.25, 0.3) is 0 Å². The van der Waals surface area contributed by atoms with Crippen LogP contribution in [0.1, 0.15) is 29.4 Å². The van der Waals surface area contributed by atoms with Gasteiger partial charge in [-0.05, 0) is 36.8 Å². The van der Waals surface area contributed by atoms with E-state index in [1.807, 2.05) is 42.1 Å². The summed E-state index contributed by atoms with van der Waals surface area (Å²) >= 11 is 0. The molecule has 0 saturated heterocycles. The zero-order valence-electron chi connectivity index (χ0n) is 18.4. The van der Waals surface area contributed by atoms with E-state index in [1.165, 1.54) is 13.0 Å². The van der Waals surface area contributed by atoms with Gasteiger partial charge in [-0.1, -0.05) is 24.3 Å². The molecule has 0 bridgehead atoms. The van der Waals surface area contributed by atoms with E-state index in [4.69, 9.17) is 0 Å². The van der Waals surface area contributed by atoms with Crippen LogP contribution in [0.5, 0.6) is 0 Å². The van der Waals surface area contributed by atoms with Crippen LogP contribution in [-0.4, -0.2) is 33.2 Å². The highest BCUT2D eigenvalue weighted by atomic mass is 19.1. The van der Waals surface area contributed by atoms with Crippen molar-refractivity contribution in [3.05, 3.63) is 76.9 Å². The van der Waals surface area contributed by atoms with Crippen LogP contribution in [-0.2, 0) is 31.4 Å². The predicted molar refractivity (Wildman–Crippen MR) is 121 cm³/mol. The Morgan fingerprint density at radius 1 is 1.19 bits per heavy atom. The van der Waals surface area contributed by atoms with Crippen LogP contribution < -0.4 is 10.2 Å². The van der Waals surface area contributed by atoms with Crippen LogP contribution >= 0.6 is 0 Å². The first-order chi connectivity index (χ1) is 15.3. The molecule has 166 valence electrons. The third-order valence-electron chi connectivity index (χ3n) is 5.79. The summed E-state index contributed by atoms with van der Waals surface area (Å²) in [7, 11) is 1.88. The minimum absolute atomic E-state index is 0.0811. The Balaban J connectivity index is 1.54. The third kappa shape index (κ3) is 4.34. The molecule has 1 aliphatic rings. The summed E-state index contributed by atoms with van der Waals surface area (Å²) in [6.45, 7) is 4.43. The number of benzene rings is 2. The summed E-state index contributed by atoms with van der Waals surface area (Å²) in [5.74, 6) is -0.439. The lowest BCUT2D eigenvalue weighted by Gasteiger charge is -2.28. The Morgan fingerprint density at radius 3 is 2.62 bits per heavy atom. The number of aromatic nitrogens is 2. The van der Waals surface area contributed by atoms with Gasteiger partial charge in [-0.25, -0.2) is 9.18 Å². The maximum absolute atomic E-state index is 13.8. The largest absolute Gasteiger partial charge is 0.322 e. The van der Waals surface area contributed by atoms with Crippen LogP contribution in [0, 0.1) is 12.7 Å². The lowest BCUT2D eigenvalue weighted by molar-refractivity contribution is -0.116. The minimum atomic E-state index is -0.358. The van der Waals surface area contributed by atoms with Crippen molar-refractivity contribution >= 4 is 23.3 Å². The van der Waals surface area contributed by atoms with E-state index in [-0.39, 0.29) is 17.8 Å². The molecule has 0 atom stereocenters. The average Bonchev–Trinajstić information content (AvgIpc) is 3.09. The topological polar surface area (TPSA) is 70.5 Å². The molecule has 0 aliphatic carbocycles. The lowest BCUT2D eigenvalue weighted by atomic mass is 10.0. The second-order valence-corrected chi connectivity index (χ2v) is 8.00. The standard InChI is InChI=1S/C24H26FN5O2/c1-16-9-10-18(13-21(16)25)26-24(32)29-12-11-23-20(14-29)22(27-28(23)3)15-30(17(2)31)19-7-5-4-6-8-19/h4-10,13H,11-12,14-15H2,1-3H3,(H,26,32). The molecule has 3 aromatic rings. The molecule has 2 heterocycles. The summed E-state index contributed by atoms with van der Waals surface area (Å²) < 4.78 is 15.7. The minimum Gasteiger partial charge on any atom is -0.320 e. The first-order valence-electron chi connectivity index (χ1n) is 10.5. The number of hydrogen-bond donors (Lipinski definition) is 1. The van der Waals surface area contributed by atoms with Gasteiger partial charge in [-0.2, -0.15) is 5.10 Å². The quantitative estimate of drug-likeness (QED) is 0.673. The van der Waals surface area contributed by atoms with E-state index in [0.717, 1.165) is 22.6 Å². The number of urea groups is 1. The summed E-state index contributed by atoms with van der Waals surface area (Å²) in [4.78, 5) is 28.5. The van der Waals surface area contributed by atoms with Gasteiger partial charge in [-0.3, -0.25) is 9.48 Å². The number of fused-ring (bicyclic) bond motifs is 1. The van der Waals surface area contributed by atoms with Crippen LogP contribution in [0.4, 0.5) is 20.6 Å². The van der Waals surface area contributed by atoms with Gasteiger partial charge in [0.05, 0.1) is 18.8 Å². The smallest absolute Gasteiger partial charge is 0.320 e.